The summed E-state index contributed by atoms with van der Waals surface area (Å²) in [5.41, 5.74) is 0.230. The minimum atomic E-state index is -0.581. The Bertz CT molecular complexity index is 483. The number of non-ortho nitro benzene ring substituents is 1. The Hall–Kier alpha value is -1.69. The first-order valence-electron chi connectivity index (χ1n) is 6.31. The number of nitro benzene ring substituents is 1. The molecule has 1 saturated heterocycles. The zero-order chi connectivity index (χ0) is 14.2. The summed E-state index contributed by atoms with van der Waals surface area (Å²) in [5, 5.41) is 10.6. The lowest BCUT2D eigenvalue weighted by molar-refractivity contribution is -0.385. The molecule has 1 fully saturated rings. The predicted molar refractivity (Wildman–Crippen MR) is 72.0 cm³/mol. The molecule has 6 heteroatoms. The Balaban J connectivity index is 2.25. The lowest BCUT2D eigenvalue weighted by Crippen LogP contribution is -2.55. The van der Waals surface area contributed by atoms with Crippen molar-refractivity contribution >= 4 is 11.4 Å². The van der Waals surface area contributed by atoms with Crippen molar-refractivity contribution in [2.45, 2.75) is 25.9 Å². The molecule has 0 radical (unpaired) electrons. The van der Waals surface area contributed by atoms with E-state index < -0.39 is 10.7 Å². The molecule has 1 aliphatic rings. The second-order valence-electron chi connectivity index (χ2n) is 5.16. The Labute approximate surface area is 111 Å². The summed E-state index contributed by atoms with van der Waals surface area (Å²) in [6, 6.07) is 4.48. The van der Waals surface area contributed by atoms with Crippen LogP contribution in [-0.4, -0.2) is 42.0 Å². The molecule has 1 aromatic rings. The number of nitro groups is 1. The number of likely N-dealkylation sites (N-methyl/N-ethyl adjacent to an activating group) is 1. The van der Waals surface area contributed by atoms with E-state index in [2.05, 4.69) is 25.8 Å². The van der Waals surface area contributed by atoms with Gasteiger partial charge in [-0.05, 0) is 27.0 Å². The number of hydrogen-bond donors (Lipinski definition) is 0. The standard InChI is InChI=1S/C13H18FN3O2/c1-9-7-16(8-10(2)15(9)3)13-5-4-11(17(18)19)6-12(13)14/h4-6,9-10H,7-8H2,1-3H3/t9-,10?/m0/s1. The highest BCUT2D eigenvalue weighted by Gasteiger charge is 2.28. The third-order valence-corrected chi connectivity index (χ3v) is 3.84. The van der Waals surface area contributed by atoms with E-state index in [0.717, 1.165) is 19.2 Å². The van der Waals surface area contributed by atoms with Crippen LogP contribution in [0.1, 0.15) is 13.8 Å². The minimum absolute atomic E-state index is 0.212. The molecule has 19 heavy (non-hydrogen) atoms. The van der Waals surface area contributed by atoms with E-state index in [0.29, 0.717) is 17.8 Å². The first-order chi connectivity index (χ1) is 8.90. The molecule has 0 N–H and O–H groups in total. The topological polar surface area (TPSA) is 49.6 Å². The maximum atomic E-state index is 14.0. The van der Waals surface area contributed by atoms with Gasteiger partial charge in [0.25, 0.3) is 5.69 Å². The van der Waals surface area contributed by atoms with E-state index in [1.54, 1.807) is 0 Å². The second kappa shape index (κ2) is 5.13. The molecule has 1 heterocycles. The number of benzene rings is 1. The van der Waals surface area contributed by atoms with Crippen LogP contribution in [-0.2, 0) is 0 Å². The molecule has 0 aromatic heterocycles. The molecule has 1 aromatic carbocycles. The van der Waals surface area contributed by atoms with E-state index in [4.69, 9.17) is 0 Å². The summed E-state index contributed by atoms with van der Waals surface area (Å²) in [6.07, 6.45) is 0. The van der Waals surface area contributed by atoms with Crippen molar-refractivity contribution in [3.8, 4) is 0 Å². The molecule has 1 aliphatic heterocycles. The van der Waals surface area contributed by atoms with E-state index in [1.807, 2.05) is 4.90 Å². The number of halogens is 1. The molecule has 0 amide bonds. The van der Waals surface area contributed by atoms with Crippen LogP contribution >= 0.6 is 0 Å². The van der Waals surface area contributed by atoms with Gasteiger partial charge in [-0.1, -0.05) is 0 Å². The Morgan fingerprint density at radius 2 is 1.89 bits per heavy atom. The van der Waals surface area contributed by atoms with E-state index in [-0.39, 0.29) is 5.69 Å². The monoisotopic (exact) mass is 267 g/mol. The van der Waals surface area contributed by atoms with Crippen molar-refractivity contribution in [2.75, 3.05) is 25.0 Å². The molecule has 5 nitrogen and oxygen atoms in total. The van der Waals surface area contributed by atoms with Crippen LogP contribution in [0.4, 0.5) is 15.8 Å². The van der Waals surface area contributed by atoms with Crippen molar-refractivity contribution in [2.24, 2.45) is 0 Å². The zero-order valence-corrected chi connectivity index (χ0v) is 11.3. The van der Waals surface area contributed by atoms with Gasteiger partial charge in [0.2, 0.25) is 0 Å². The molecule has 2 atom stereocenters. The Morgan fingerprint density at radius 1 is 1.32 bits per heavy atom. The summed E-state index contributed by atoms with van der Waals surface area (Å²) >= 11 is 0. The van der Waals surface area contributed by atoms with Gasteiger partial charge in [0.1, 0.15) is 0 Å². The number of piperazine rings is 1. The normalized spacial score (nSPS) is 24.5. The van der Waals surface area contributed by atoms with E-state index in [9.17, 15) is 14.5 Å². The van der Waals surface area contributed by atoms with Gasteiger partial charge in [-0.2, -0.15) is 0 Å². The Morgan fingerprint density at radius 3 is 2.37 bits per heavy atom. The third kappa shape index (κ3) is 2.68. The number of anilines is 1. The lowest BCUT2D eigenvalue weighted by Gasteiger charge is -2.43. The first-order valence-corrected chi connectivity index (χ1v) is 6.31. The van der Waals surface area contributed by atoms with Gasteiger partial charge in [0.05, 0.1) is 16.7 Å². The van der Waals surface area contributed by atoms with E-state index in [1.165, 1.54) is 12.1 Å². The van der Waals surface area contributed by atoms with Crippen molar-refractivity contribution < 1.29 is 9.31 Å². The molecular weight excluding hydrogens is 249 g/mol. The number of rotatable bonds is 2. The number of hydrogen-bond acceptors (Lipinski definition) is 4. The first kappa shape index (κ1) is 13.7. The average Bonchev–Trinajstić information content (AvgIpc) is 2.35. The van der Waals surface area contributed by atoms with Crippen LogP contribution in [0.25, 0.3) is 0 Å². The lowest BCUT2D eigenvalue weighted by atomic mass is 10.1. The van der Waals surface area contributed by atoms with Gasteiger partial charge in [-0.3, -0.25) is 15.0 Å². The molecule has 0 saturated carbocycles. The molecule has 104 valence electrons. The van der Waals surface area contributed by atoms with Crippen molar-refractivity contribution in [3.63, 3.8) is 0 Å². The molecular formula is C13H18FN3O2. The van der Waals surface area contributed by atoms with Gasteiger partial charge in [-0.15, -0.1) is 0 Å². The predicted octanol–water partition coefficient (Wildman–Crippen LogP) is 2.26. The van der Waals surface area contributed by atoms with Gasteiger partial charge < -0.3 is 4.90 Å². The van der Waals surface area contributed by atoms with Crippen molar-refractivity contribution in [1.29, 1.82) is 0 Å². The van der Waals surface area contributed by atoms with Gasteiger partial charge in [0.15, 0.2) is 5.82 Å². The van der Waals surface area contributed by atoms with Crippen LogP contribution in [0.15, 0.2) is 18.2 Å². The minimum Gasteiger partial charge on any atom is -0.366 e. The van der Waals surface area contributed by atoms with Gasteiger partial charge in [-0.25, -0.2) is 4.39 Å². The summed E-state index contributed by atoms with van der Waals surface area (Å²) in [5.74, 6) is -0.529. The Kier molecular flexibility index (Phi) is 3.71. The molecule has 0 spiro atoms. The fraction of sp³-hybridized carbons (Fsp3) is 0.538. The summed E-state index contributed by atoms with van der Waals surface area (Å²) in [4.78, 5) is 14.2. The molecule has 0 aliphatic carbocycles. The molecule has 2 rings (SSSR count). The third-order valence-electron chi connectivity index (χ3n) is 3.84. The highest BCUT2D eigenvalue weighted by Crippen LogP contribution is 2.27. The van der Waals surface area contributed by atoms with Crippen LogP contribution in [0, 0.1) is 15.9 Å². The summed E-state index contributed by atoms with van der Waals surface area (Å²) in [7, 11) is 2.05. The van der Waals surface area contributed by atoms with E-state index >= 15 is 0 Å². The maximum absolute atomic E-state index is 14.0. The fourth-order valence-electron chi connectivity index (χ4n) is 2.47. The zero-order valence-electron chi connectivity index (χ0n) is 11.3. The largest absolute Gasteiger partial charge is 0.366 e. The van der Waals surface area contributed by atoms with Crippen LogP contribution in [0.3, 0.4) is 0 Å². The fourth-order valence-corrected chi connectivity index (χ4v) is 2.47. The summed E-state index contributed by atoms with van der Waals surface area (Å²) in [6.45, 7) is 5.61. The molecule has 1 unspecified atom stereocenters. The van der Waals surface area contributed by atoms with Crippen LogP contribution in [0.2, 0.25) is 0 Å². The molecule has 0 bridgehead atoms. The highest BCUT2D eigenvalue weighted by atomic mass is 19.1. The average molecular weight is 267 g/mol. The second-order valence-corrected chi connectivity index (χ2v) is 5.16. The van der Waals surface area contributed by atoms with Crippen molar-refractivity contribution in [1.82, 2.24) is 4.90 Å². The van der Waals surface area contributed by atoms with Crippen LogP contribution < -0.4 is 4.90 Å². The van der Waals surface area contributed by atoms with Crippen molar-refractivity contribution in [3.05, 3.63) is 34.1 Å². The number of nitrogens with zero attached hydrogens (tertiary/aromatic N) is 3. The SMILES string of the molecule is CC1CN(c2ccc([N+](=O)[O-])cc2F)C[C@H](C)N1C. The highest BCUT2D eigenvalue weighted by molar-refractivity contribution is 5.53. The van der Waals surface area contributed by atoms with Gasteiger partial charge in [0, 0.05) is 31.2 Å². The van der Waals surface area contributed by atoms with Gasteiger partial charge >= 0.3 is 0 Å². The summed E-state index contributed by atoms with van der Waals surface area (Å²) < 4.78 is 14.0. The van der Waals surface area contributed by atoms with Crippen LogP contribution in [0.5, 0.6) is 0 Å². The smallest absolute Gasteiger partial charge is 0.272 e. The quantitative estimate of drug-likeness (QED) is 0.609. The maximum Gasteiger partial charge on any atom is 0.272 e.